The maximum absolute atomic E-state index is 14.1. The lowest BCUT2D eigenvalue weighted by atomic mass is 9.82. The highest BCUT2D eigenvalue weighted by molar-refractivity contribution is 5.94. The van der Waals surface area contributed by atoms with E-state index in [2.05, 4.69) is 44.8 Å². The second kappa shape index (κ2) is 15.6. The number of carbonyl (C=O) groups excluding carboxylic acids is 4. The van der Waals surface area contributed by atoms with Crippen molar-refractivity contribution in [2.24, 2.45) is 17.3 Å². The number of fused-ring (bicyclic) bond motifs is 1. The molecule has 0 bridgehead atoms. The summed E-state index contributed by atoms with van der Waals surface area (Å²) in [5.41, 5.74) is 1.68. The van der Waals surface area contributed by atoms with Crippen LogP contribution in [0.25, 0.3) is 15.7 Å². The molecule has 1 aliphatic rings. The van der Waals surface area contributed by atoms with Crippen LogP contribution in [0.3, 0.4) is 0 Å². The van der Waals surface area contributed by atoms with E-state index in [1.165, 1.54) is 11.7 Å². The van der Waals surface area contributed by atoms with Crippen molar-refractivity contribution in [1.82, 2.24) is 14.8 Å². The molecule has 0 spiro atoms. The summed E-state index contributed by atoms with van der Waals surface area (Å²) in [5.74, 6) is -0.668. The number of ketones is 1. The molecule has 45 heavy (non-hydrogen) atoms. The van der Waals surface area contributed by atoms with Gasteiger partial charge in [0, 0.05) is 42.6 Å². The van der Waals surface area contributed by atoms with Crippen LogP contribution in [-0.2, 0) is 25.5 Å². The summed E-state index contributed by atoms with van der Waals surface area (Å²) in [7, 11) is 1.32. The molecule has 1 N–H and O–H groups in total. The van der Waals surface area contributed by atoms with Crippen LogP contribution in [0.1, 0.15) is 105 Å². The third-order valence-corrected chi connectivity index (χ3v) is 9.25. The molecule has 3 rings (SSSR count). The molecule has 9 heteroatoms. The van der Waals surface area contributed by atoms with Crippen molar-refractivity contribution in [3.63, 3.8) is 0 Å². The number of likely N-dealkylation sites (tertiary alicyclic amines) is 1. The van der Waals surface area contributed by atoms with Gasteiger partial charge in [0.05, 0.1) is 19.2 Å². The first kappa shape index (κ1) is 35.8. The fourth-order valence-electron chi connectivity index (χ4n) is 6.90. The minimum absolute atomic E-state index is 0.0195. The first-order chi connectivity index (χ1) is 21.2. The SMILES string of the molecule is [C-]#[N+]c1ccc2c(c1)c(C[C@H](CC[C@H](CC)C(C)=O)NC(=O)[C@@H](CC(=O)N1[C@H](C)CCC[C@@H]1C)CC(C)(C)C)cn2C(=O)OC. The van der Waals surface area contributed by atoms with Crippen LogP contribution < -0.4 is 5.32 Å². The number of Topliss-reactive ketones (excluding diaryl/α,β-unsaturated/α-hetero) is 1. The largest absolute Gasteiger partial charge is 0.452 e. The Morgan fingerprint density at radius 3 is 2.31 bits per heavy atom. The molecule has 0 saturated carbocycles. The van der Waals surface area contributed by atoms with Gasteiger partial charge in [-0.05, 0) is 101 Å². The topological polar surface area (TPSA) is 102 Å². The molecular weight excluding hydrogens is 568 g/mol. The van der Waals surface area contributed by atoms with E-state index in [9.17, 15) is 19.2 Å². The Kier molecular flexibility index (Phi) is 12.4. The van der Waals surface area contributed by atoms with Gasteiger partial charge in [-0.3, -0.25) is 19.0 Å². The van der Waals surface area contributed by atoms with Crippen molar-refractivity contribution in [2.45, 2.75) is 124 Å². The highest BCUT2D eigenvalue weighted by Crippen LogP contribution is 2.32. The van der Waals surface area contributed by atoms with Crippen molar-refractivity contribution < 1.29 is 23.9 Å². The van der Waals surface area contributed by atoms with Crippen LogP contribution in [0.4, 0.5) is 10.5 Å². The Balaban J connectivity index is 1.95. The summed E-state index contributed by atoms with van der Waals surface area (Å²) in [4.78, 5) is 58.2. The van der Waals surface area contributed by atoms with Gasteiger partial charge in [0.1, 0.15) is 5.78 Å². The smallest absolute Gasteiger partial charge is 0.418 e. The van der Waals surface area contributed by atoms with Crippen LogP contribution >= 0.6 is 0 Å². The fourth-order valence-corrected chi connectivity index (χ4v) is 6.90. The lowest BCUT2D eigenvalue weighted by Crippen LogP contribution is -2.49. The van der Waals surface area contributed by atoms with Crippen LogP contribution in [0.5, 0.6) is 0 Å². The molecule has 0 radical (unpaired) electrons. The molecule has 2 amide bonds. The van der Waals surface area contributed by atoms with Crippen LogP contribution in [0.15, 0.2) is 24.4 Å². The first-order valence-electron chi connectivity index (χ1n) is 16.4. The third kappa shape index (κ3) is 9.42. The lowest BCUT2D eigenvalue weighted by Gasteiger charge is -2.40. The Morgan fingerprint density at radius 2 is 1.76 bits per heavy atom. The van der Waals surface area contributed by atoms with Crippen molar-refractivity contribution in [3.05, 3.63) is 41.4 Å². The van der Waals surface area contributed by atoms with Gasteiger partial charge in [0.15, 0.2) is 5.69 Å². The number of carbonyl (C=O) groups is 4. The highest BCUT2D eigenvalue weighted by atomic mass is 16.5. The molecule has 5 atom stereocenters. The zero-order valence-corrected chi connectivity index (χ0v) is 28.4. The fraction of sp³-hybridized carbons (Fsp3) is 0.639. The van der Waals surface area contributed by atoms with Gasteiger partial charge in [0.2, 0.25) is 11.8 Å². The number of nitrogens with zero attached hydrogens (tertiary/aromatic N) is 3. The molecule has 1 aromatic carbocycles. The van der Waals surface area contributed by atoms with Crippen LogP contribution in [0, 0.1) is 23.8 Å². The number of benzene rings is 1. The van der Waals surface area contributed by atoms with E-state index in [-0.39, 0.29) is 53.5 Å². The maximum atomic E-state index is 14.1. The summed E-state index contributed by atoms with van der Waals surface area (Å²) in [5, 5.41) is 4.01. The number of aromatic nitrogens is 1. The zero-order chi connectivity index (χ0) is 33.5. The monoisotopic (exact) mass is 620 g/mol. The summed E-state index contributed by atoms with van der Waals surface area (Å²) < 4.78 is 6.42. The van der Waals surface area contributed by atoms with Crippen molar-refractivity contribution in [3.8, 4) is 0 Å². The van der Waals surface area contributed by atoms with Crippen LogP contribution in [-0.4, -0.2) is 58.4 Å². The second-order valence-electron chi connectivity index (χ2n) is 14.1. The molecule has 0 aliphatic carbocycles. The summed E-state index contributed by atoms with van der Waals surface area (Å²) in [6.07, 6.45) is 7.14. The normalized spacial score (nSPS) is 19.0. The molecule has 2 heterocycles. The van der Waals surface area contributed by atoms with Gasteiger partial charge >= 0.3 is 6.09 Å². The Bertz CT molecular complexity index is 1400. The van der Waals surface area contributed by atoms with E-state index in [0.29, 0.717) is 43.3 Å². The molecule has 2 aromatic rings. The summed E-state index contributed by atoms with van der Waals surface area (Å²) >= 11 is 0. The van der Waals surface area contributed by atoms with E-state index in [1.54, 1.807) is 31.3 Å². The van der Waals surface area contributed by atoms with Gasteiger partial charge in [-0.25, -0.2) is 9.64 Å². The van der Waals surface area contributed by atoms with E-state index < -0.39 is 12.0 Å². The molecule has 246 valence electrons. The number of nitrogens with one attached hydrogen (secondary N) is 1. The summed E-state index contributed by atoms with van der Waals surface area (Å²) in [6.45, 7) is 21.5. The number of ether oxygens (including phenoxy) is 1. The molecule has 1 fully saturated rings. The number of rotatable bonds is 12. The van der Waals surface area contributed by atoms with E-state index in [0.717, 1.165) is 30.2 Å². The average molecular weight is 621 g/mol. The summed E-state index contributed by atoms with van der Waals surface area (Å²) in [6, 6.07) is 5.09. The predicted octanol–water partition coefficient (Wildman–Crippen LogP) is 7.46. The first-order valence-corrected chi connectivity index (χ1v) is 16.4. The highest BCUT2D eigenvalue weighted by Gasteiger charge is 2.34. The van der Waals surface area contributed by atoms with Crippen molar-refractivity contribution >= 4 is 40.3 Å². The second-order valence-corrected chi connectivity index (χ2v) is 14.1. The van der Waals surface area contributed by atoms with Gasteiger partial charge in [-0.15, -0.1) is 0 Å². The number of hydrogen-bond acceptors (Lipinski definition) is 5. The van der Waals surface area contributed by atoms with Gasteiger partial charge in [-0.2, -0.15) is 0 Å². The number of piperidine rings is 1. The van der Waals surface area contributed by atoms with Gasteiger partial charge in [-0.1, -0.05) is 33.8 Å². The lowest BCUT2D eigenvalue weighted by molar-refractivity contribution is -0.142. The average Bonchev–Trinajstić information content (AvgIpc) is 3.32. The molecule has 9 nitrogen and oxygen atoms in total. The quantitative estimate of drug-likeness (QED) is 0.248. The molecule has 0 unspecified atom stereocenters. The van der Waals surface area contributed by atoms with Crippen LogP contribution in [0.2, 0.25) is 0 Å². The Morgan fingerprint density at radius 1 is 1.09 bits per heavy atom. The minimum atomic E-state index is -0.546. The Hall–Kier alpha value is -3.67. The molecule has 1 aliphatic heterocycles. The van der Waals surface area contributed by atoms with Crippen molar-refractivity contribution in [2.75, 3.05) is 7.11 Å². The van der Waals surface area contributed by atoms with Gasteiger partial charge in [0.25, 0.3) is 0 Å². The molecule has 1 saturated heterocycles. The number of hydrogen-bond donors (Lipinski definition) is 1. The minimum Gasteiger partial charge on any atom is -0.452 e. The standard InChI is InChI=1S/C36H52N4O5/c1-10-26(25(4)41)14-15-30(18-28-22-39(35(44)45-9)32-17-16-29(37-8)20-31(28)32)38-34(43)27(21-36(5,6)7)19-33(42)40-23(2)12-11-13-24(40)3/h16-17,20,22-24,26-27,30H,10-15,18-19,21H2,1-7,9H3,(H,38,43)/t23-,24+,26-,27-,30-/m0/s1. The number of methoxy groups -OCH3 is 1. The maximum Gasteiger partial charge on any atom is 0.418 e. The van der Waals surface area contributed by atoms with Gasteiger partial charge < -0.3 is 15.0 Å². The Labute approximate surface area is 268 Å². The van der Waals surface area contributed by atoms with E-state index >= 15 is 0 Å². The third-order valence-electron chi connectivity index (χ3n) is 9.25. The van der Waals surface area contributed by atoms with E-state index in [1.807, 2.05) is 11.8 Å². The number of amides is 2. The molecule has 1 aromatic heterocycles. The van der Waals surface area contributed by atoms with Crippen molar-refractivity contribution in [1.29, 1.82) is 0 Å². The zero-order valence-electron chi connectivity index (χ0n) is 28.4. The predicted molar refractivity (Wildman–Crippen MR) is 177 cm³/mol. The molecular formula is C36H52N4O5. The van der Waals surface area contributed by atoms with E-state index in [4.69, 9.17) is 11.3 Å².